The number of hydrogen-bond donors (Lipinski definition) is 1. The molecule has 0 aromatic heterocycles. The molecule has 0 fully saturated rings. The molecule has 0 heterocycles. The summed E-state index contributed by atoms with van der Waals surface area (Å²) in [5.41, 5.74) is 3.10. The van der Waals surface area contributed by atoms with Gasteiger partial charge in [-0.05, 0) is 43.5 Å². The molecule has 1 aliphatic carbocycles. The molecule has 2 aromatic carbocycles. The molecule has 3 rings (SSSR count). The zero-order chi connectivity index (χ0) is 18.0. The Balaban J connectivity index is 2.07. The third-order valence-electron chi connectivity index (χ3n) is 4.18. The topological polar surface area (TPSA) is 63.2 Å². The first-order valence-electron chi connectivity index (χ1n) is 7.98. The van der Waals surface area contributed by atoms with E-state index in [1.54, 1.807) is 43.3 Å². The van der Waals surface area contributed by atoms with E-state index in [-0.39, 0.29) is 10.7 Å². The third kappa shape index (κ3) is 3.56. The van der Waals surface area contributed by atoms with E-state index in [9.17, 15) is 13.2 Å². The summed E-state index contributed by atoms with van der Waals surface area (Å²) in [5, 5.41) is 0. The number of nitrogens with one attached hydrogen (secondary N) is 1. The van der Waals surface area contributed by atoms with Crippen LogP contribution in [0.15, 0.2) is 76.7 Å². The van der Waals surface area contributed by atoms with Crippen LogP contribution in [0, 0.1) is 6.92 Å². The van der Waals surface area contributed by atoms with E-state index in [0.29, 0.717) is 28.8 Å². The molecule has 0 radical (unpaired) electrons. The van der Waals surface area contributed by atoms with Gasteiger partial charge in [0.05, 0.1) is 10.6 Å². The maximum absolute atomic E-state index is 12.8. The Hall–Kier alpha value is -2.66. The lowest BCUT2D eigenvalue weighted by atomic mass is 10.0. The Bertz CT molecular complexity index is 969. The minimum Gasteiger partial charge on any atom is -0.289 e. The molecule has 4 nitrogen and oxygen atoms in total. The van der Waals surface area contributed by atoms with E-state index in [2.05, 4.69) is 4.72 Å². The Morgan fingerprint density at radius 1 is 0.960 bits per heavy atom. The molecule has 0 amide bonds. The van der Waals surface area contributed by atoms with Gasteiger partial charge in [0.25, 0.3) is 10.0 Å². The first kappa shape index (κ1) is 17.2. The molecule has 2 aromatic rings. The van der Waals surface area contributed by atoms with Crippen LogP contribution in [0.2, 0.25) is 0 Å². The molecule has 25 heavy (non-hydrogen) atoms. The number of allylic oxidation sites excluding steroid dienone is 3. The van der Waals surface area contributed by atoms with Crippen LogP contribution in [0.5, 0.6) is 0 Å². The van der Waals surface area contributed by atoms with E-state index in [1.165, 1.54) is 0 Å². The van der Waals surface area contributed by atoms with Gasteiger partial charge in [-0.2, -0.15) is 0 Å². The summed E-state index contributed by atoms with van der Waals surface area (Å²) in [7, 11) is -3.79. The molecular weight excluding hydrogens is 334 g/mol. The fourth-order valence-corrected chi connectivity index (χ4v) is 3.83. The number of ketones is 1. The largest absolute Gasteiger partial charge is 0.289 e. The normalized spacial score (nSPS) is 16.6. The van der Waals surface area contributed by atoms with E-state index < -0.39 is 10.0 Å². The molecule has 0 unspecified atom stereocenters. The fourth-order valence-electron chi connectivity index (χ4n) is 2.70. The maximum atomic E-state index is 12.8. The lowest BCUT2D eigenvalue weighted by Gasteiger charge is -2.15. The van der Waals surface area contributed by atoms with Crippen LogP contribution in [-0.2, 0) is 14.8 Å². The highest BCUT2D eigenvalue weighted by molar-refractivity contribution is 7.89. The second-order valence-corrected chi connectivity index (χ2v) is 7.74. The lowest BCUT2D eigenvalue weighted by molar-refractivity contribution is -0.111. The van der Waals surface area contributed by atoms with Gasteiger partial charge >= 0.3 is 0 Å². The SMILES string of the molecule is CC1=CC/C(=C(/NS(=O)(=O)c2ccc(C)cc2)c2ccccc2)C1=O. The number of carbonyl (C=O) groups is 1. The molecule has 0 atom stereocenters. The Labute approximate surface area is 147 Å². The van der Waals surface area contributed by atoms with Crippen molar-refractivity contribution in [3.63, 3.8) is 0 Å². The fraction of sp³-hybridized carbons (Fsp3) is 0.150. The van der Waals surface area contributed by atoms with Crippen LogP contribution in [0.4, 0.5) is 0 Å². The summed E-state index contributed by atoms with van der Waals surface area (Å²) >= 11 is 0. The predicted octanol–water partition coefficient (Wildman–Crippen LogP) is 3.60. The van der Waals surface area contributed by atoms with E-state index in [1.807, 2.05) is 31.2 Å². The summed E-state index contributed by atoms with van der Waals surface area (Å²) in [6.45, 7) is 3.64. The van der Waals surface area contributed by atoms with Gasteiger partial charge in [-0.15, -0.1) is 0 Å². The standard InChI is InChI=1S/C20H19NO3S/c1-14-8-11-17(12-9-14)25(23,24)21-19(16-6-4-3-5-7-16)18-13-10-15(2)20(18)22/h3-12,21H,13H2,1-2H3/b19-18-. The van der Waals surface area contributed by atoms with E-state index in [0.717, 1.165) is 5.56 Å². The van der Waals surface area contributed by atoms with Gasteiger partial charge in [0.1, 0.15) is 0 Å². The summed E-state index contributed by atoms with van der Waals surface area (Å²) in [4.78, 5) is 12.6. The number of sulfonamides is 1. The molecule has 0 saturated carbocycles. The number of carbonyl (C=O) groups excluding carboxylic acids is 1. The highest BCUT2D eigenvalue weighted by Crippen LogP contribution is 2.28. The Morgan fingerprint density at radius 2 is 1.60 bits per heavy atom. The van der Waals surface area contributed by atoms with E-state index >= 15 is 0 Å². The van der Waals surface area contributed by atoms with Crippen LogP contribution >= 0.6 is 0 Å². The van der Waals surface area contributed by atoms with Crippen LogP contribution in [0.1, 0.15) is 24.5 Å². The molecule has 5 heteroatoms. The summed E-state index contributed by atoms with van der Waals surface area (Å²) in [6.07, 6.45) is 2.24. The van der Waals surface area contributed by atoms with Crippen molar-refractivity contribution in [2.75, 3.05) is 0 Å². The Kier molecular flexibility index (Phi) is 4.59. The van der Waals surface area contributed by atoms with Crippen LogP contribution in [0.3, 0.4) is 0 Å². The van der Waals surface area contributed by atoms with Crippen molar-refractivity contribution in [3.8, 4) is 0 Å². The van der Waals surface area contributed by atoms with Gasteiger partial charge in [0.15, 0.2) is 5.78 Å². The van der Waals surface area contributed by atoms with Crippen molar-refractivity contribution < 1.29 is 13.2 Å². The van der Waals surface area contributed by atoms with Crippen molar-refractivity contribution in [2.45, 2.75) is 25.2 Å². The summed E-state index contributed by atoms with van der Waals surface area (Å²) in [5.74, 6) is -0.120. The van der Waals surface area contributed by atoms with Crippen LogP contribution in [0.25, 0.3) is 5.70 Å². The smallest absolute Gasteiger partial charge is 0.261 e. The van der Waals surface area contributed by atoms with Gasteiger partial charge < -0.3 is 0 Å². The van der Waals surface area contributed by atoms with Crippen LogP contribution < -0.4 is 4.72 Å². The van der Waals surface area contributed by atoms with Gasteiger partial charge in [0.2, 0.25) is 0 Å². The minimum atomic E-state index is -3.79. The van der Waals surface area contributed by atoms with Crippen molar-refractivity contribution in [1.82, 2.24) is 4.72 Å². The van der Waals surface area contributed by atoms with E-state index in [4.69, 9.17) is 0 Å². The van der Waals surface area contributed by atoms with Crippen LogP contribution in [-0.4, -0.2) is 14.2 Å². The minimum absolute atomic E-state index is 0.120. The lowest BCUT2D eigenvalue weighted by Crippen LogP contribution is -2.24. The first-order chi connectivity index (χ1) is 11.9. The number of benzene rings is 2. The van der Waals surface area contributed by atoms with Gasteiger partial charge in [-0.25, -0.2) is 8.42 Å². The molecule has 0 bridgehead atoms. The van der Waals surface area contributed by atoms with Gasteiger partial charge in [-0.1, -0.05) is 54.1 Å². The first-order valence-corrected chi connectivity index (χ1v) is 9.46. The number of aryl methyl sites for hydroxylation is 1. The van der Waals surface area contributed by atoms with Crippen molar-refractivity contribution >= 4 is 21.5 Å². The third-order valence-corrected chi connectivity index (χ3v) is 5.54. The Morgan fingerprint density at radius 3 is 2.16 bits per heavy atom. The molecule has 0 spiro atoms. The van der Waals surface area contributed by atoms with Gasteiger partial charge in [0, 0.05) is 5.57 Å². The molecule has 0 aliphatic heterocycles. The zero-order valence-electron chi connectivity index (χ0n) is 14.1. The second kappa shape index (κ2) is 6.69. The number of Topliss-reactive ketones (excluding diaryl/α,β-unsaturated/α-hetero) is 1. The average molecular weight is 353 g/mol. The van der Waals surface area contributed by atoms with Crippen molar-refractivity contribution in [3.05, 3.63) is 82.9 Å². The second-order valence-electron chi connectivity index (χ2n) is 6.06. The molecular formula is C20H19NO3S. The molecule has 0 saturated heterocycles. The monoisotopic (exact) mass is 353 g/mol. The van der Waals surface area contributed by atoms with Gasteiger partial charge in [-0.3, -0.25) is 9.52 Å². The molecule has 128 valence electrons. The molecule has 1 aliphatic rings. The highest BCUT2D eigenvalue weighted by atomic mass is 32.2. The van der Waals surface area contributed by atoms with Crippen molar-refractivity contribution in [2.24, 2.45) is 0 Å². The zero-order valence-corrected chi connectivity index (χ0v) is 14.9. The number of hydrogen-bond acceptors (Lipinski definition) is 3. The van der Waals surface area contributed by atoms with Crippen molar-refractivity contribution in [1.29, 1.82) is 0 Å². The maximum Gasteiger partial charge on any atom is 0.261 e. The number of rotatable bonds is 4. The molecule has 1 N–H and O–H groups in total. The summed E-state index contributed by atoms with van der Waals surface area (Å²) < 4.78 is 28.2. The average Bonchev–Trinajstić information content (AvgIpc) is 2.93. The predicted molar refractivity (Wildman–Crippen MR) is 98.2 cm³/mol. The summed E-state index contributed by atoms with van der Waals surface area (Å²) in [6, 6.07) is 15.7. The quantitative estimate of drug-likeness (QED) is 0.854. The highest BCUT2D eigenvalue weighted by Gasteiger charge is 2.25.